The third-order valence-corrected chi connectivity index (χ3v) is 5.46. The Bertz CT molecular complexity index is 795. The average molecular weight is 391 g/mol. The number of nitrogens with one attached hydrogen (secondary N) is 1. The van der Waals surface area contributed by atoms with E-state index in [0.717, 1.165) is 28.3 Å². The highest BCUT2D eigenvalue weighted by Crippen LogP contribution is 2.29. The number of esters is 1. The summed E-state index contributed by atoms with van der Waals surface area (Å²) >= 11 is 1.51. The number of amides is 1. The van der Waals surface area contributed by atoms with Crippen LogP contribution in [0.1, 0.15) is 54.6 Å². The molecule has 0 aliphatic carbocycles. The number of benzene rings is 1. The number of thioether (sulfide) groups is 1. The highest BCUT2D eigenvalue weighted by atomic mass is 32.2. The van der Waals surface area contributed by atoms with Crippen molar-refractivity contribution in [3.63, 3.8) is 0 Å². The minimum atomic E-state index is -0.513. The van der Waals surface area contributed by atoms with E-state index in [0.29, 0.717) is 11.3 Å². The molecule has 27 heavy (non-hydrogen) atoms. The number of carbonyl (C=O) groups excluding carboxylic acids is 2. The lowest BCUT2D eigenvalue weighted by atomic mass is 10.0. The monoisotopic (exact) mass is 390 g/mol. The van der Waals surface area contributed by atoms with Crippen LogP contribution >= 0.6 is 11.8 Å². The fourth-order valence-corrected chi connectivity index (χ4v) is 3.52. The Labute approximate surface area is 164 Å². The van der Waals surface area contributed by atoms with Gasteiger partial charge in [-0.05, 0) is 46.2 Å². The molecular formula is C20H26N2O4S. The van der Waals surface area contributed by atoms with E-state index >= 15 is 0 Å². The van der Waals surface area contributed by atoms with Crippen molar-refractivity contribution in [2.24, 2.45) is 0 Å². The van der Waals surface area contributed by atoms with E-state index in [1.165, 1.54) is 11.8 Å². The van der Waals surface area contributed by atoms with Crippen LogP contribution in [0.15, 0.2) is 33.7 Å². The van der Waals surface area contributed by atoms with Crippen molar-refractivity contribution in [2.75, 3.05) is 6.61 Å². The Morgan fingerprint density at radius 3 is 2.59 bits per heavy atom. The van der Waals surface area contributed by atoms with Crippen LogP contribution < -0.4 is 5.32 Å². The van der Waals surface area contributed by atoms with Crippen molar-refractivity contribution in [3.05, 3.63) is 46.8 Å². The van der Waals surface area contributed by atoms with E-state index in [4.69, 9.17) is 9.26 Å². The first-order valence-corrected chi connectivity index (χ1v) is 9.83. The molecule has 0 spiro atoms. The van der Waals surface area contributed by atoms with Gasteiger partial charge < -0.3 is 14.6 Å². The summed E-state index contributed by atoms with van der Waals surface area (Å²) < 4.78 is 10.4. The van der Waals surface area contributed by atoms with E-state index in [1.54, 1.807) is 12.1 Å². The lowest BCUT2D eigenvalue weighted by molar-refractivity contribution is -0.125. The van der Waals surface area contributed by atoms with Crippen LogP contribution in [0, 0.1) is 13.8 Å². The average Bonchev–Trinajstić information content (AvgIpc) is 2.96. The lowest BCUT2D eigenvalue weighted by Crippen LogP contribution is -2.44. The third kappa shape index (κ3) is 5.85. The Kier molecular flexibility index (Phi) is 7.07. The van der Waals surface area contributed by atoms with Gasteiger partial charge in [0.15, 0.2) is 6.61 Å². The van der Waals surface area contributed by atoms with Crippen LogP contribution in [0.5, 0.6) is 0 Å². The lowest BCUT2D eigenvalue weighted by Gasteiger charge is -2.24. The van der Waals surface area contributed by atoms with E-state index in [-0.39, 0.29) is 18.1 Å². The minimum Gasteiger partial charge on any atom is -0.452 e. The maximum absolute atomic E-state index is 12.5. The highest BCUT2D eigenvalue weighted by Gasteiger charge is 2.20. The molecule has 2 rings (SSSR count). The molecule has 1 amide bonds. The maximum Gasteiger partial charge on any atom is 0.339 e. The molecule has 1 aromatic heterocycles. The maximum atomic E-state index is 12.5. The van der Waals surface area contributed by atoms with Crippen molar-refractivity contribution in [3.8, 4) is 0 Å². The summed E-state index contributed by atoms with van der Waals surface area (Å²) in [7, 11) is 0. The number of aryl methyl sites for hydroxylation is 2. The molecule has 1 aromatic carbocycles. The Morgan fingerprint density at radius 2 is 1.96 bits per heavy atom. The molecule has 0 fully saturated rings. The zero-order valence-electron chi connectivity index (χ0n) is 16.4. The van der Waals surface area contributed by atoms with E-state index in [1.807, 2.05) is 46.8 Å². The summed E-state index contributed by atoms with van der Waals surface area (Å²) in [4.78, 5) is 25.2. The molecule has 0 aliphatic heterocycles. The fourth-order valence-electron chi connectivity index (χ4n) is 2.33. The largest absolute Gasteiger partial charge is 0.452 e. The molecule has 1 heterocycles. The van der Waals surface area contributed by atoms with Gasteiger partial charge in [-0.15, -0.1) is 11.8 Å². The van der Waals surface area contributed by atoms with Crippen LogP contribution in [0.4, 0.5) is 0 Å². The van der Waals surface area contributed by atoms with Gasteiger partial charge in [-0.3, -0.25) is 4.79 Å². The SMILES string of the molecule is CCC(C)(C)NC(=O)COC(=O)c1ccccc1SCc1c(C)noc1C. The van der Waals surface area contributed by atoms with Gasteiger partial charge in [0.05, 0.1) is 11.3 Å². The summed E-state index contributed by atoms with van der Waals surface area (Å²) in [5, 5.41) is 6.79. The second-order valence-electron chi connectivity index (χ2n) is 6.95. The van der Waals surface area contributed by atoms with Crippen molar-refractivity contribution >= 4 is 23.6 Å². The normalized spacial score (nSPS) is 11.3. The van der Waals surface area contributed by atoms with Crippen LogP contribution in [0.3, 0.4) is 0 Å². The third-order valence-electron chi connectivity index (χ3n) is 4.36. The van der Waals surface area contributed by atoms with Crippen molar-refractivity contribution in [1.29, 1.82) is 0 Å². The van der Waals surface area contributed by atoms with Gasteiger partial charge in [0.25, 0.3) is 5.91 Å². The summed E-state index contributed by atoms with van der Waals surface area (Å²) in [6.07, 6.45) is 0.786. The number of nitrogens with zero attached hydrogens (tertiary/aromatic N) is 1. The number of rotatable bonds is 8. The first-order chi connectivity index (χ1) is 12.7. The Hall–Kier alpha value is -2.28. The van der Waals surface area contributed by atoms with Gasteiger partial charge in [-0.2, -0.15) is 0 Å². The Morgan fingerprint density at radius 1 is 1.26 bits per heavy atom. The molecule has 0 aliphatic rings. The molecular weight excluding hydrogens is 364 g/mol. The summed E-state index contributed by atoms with van der Waals surface area (Å²) in [5.74, 6) is 0.587. The number of hydrogen-bond acceptors (Lipinski definition) is 6. The summed E-state index contributed by atoms with van der Waals surface area (Å²) in [6, 6.07) is 7.20. The van der Waals surface area contributed by atoms with Crippen LogP contribution in [0.25, 0.3) is 0 Å². The molecule has 0 unspecified atom stereocenters. The second-order valence-corrected chi connectivity index (χ2v) is 7.97. The molecule has 7 heteroatoms. The molecule has 1 N–H and O–H groups in total. The van der Waals surface area contributed by atoms with Gasteiger partial charge in [0, 0.05) is 21.8 Å². The first kappa shape index (κ1) is 21.0. The minimum absolute atomic E-state index is 0.300. The van der Waals surface area contributed by atoms with E-state index < -0.39 is 5.97 Å². The van der Waals surface area contributed by atoms with Crippen LogP contribution in [-0.2, 0) is 15.3 Å². The van der Waals surface area contributed by atoms with E-state index in [2.05, 4.69) is 10.5 Å². The molecule has 0 atom stereocenters. The van der Waals surface area contributed by atoms with Gasteiger partial charge in [0.2, 0.25) is 0 Å². The molecule has 146 valence electrons. The molecule has 0 radical (unpaired) electrons. The van der Waals surface area contributed by atoms with Crippen molar-refractivity contribution in [2.45, 2.75) is 57.2 Å². The van der Waals surface area contributed by atoms with Gasteiger partial charge in [-0.1, -0.05) is 24.2 Å². The fraction of sp³-hybridized carbons (Fsp3) is 0.450. The van der Waals surface area contributed by atoms with Gasteiger partial charge in [-0.25, -0.2) is 4.79 Å². The predicted octanol–water partition coefficient (Wildman–Crippen LogP) is 4.05. The van der Waals surface area contributed by atoms with Crippen LogP contribution in [0.2, 0.25) is 0 Å². The van der Waals surface area contributed by atoms with Gasteiger partial charge in [0.1, 0.15) is 5.76 Å². The standard InChI is InChI=1S/C20H26N2O4S/c1-6-20(4,5)21-18(23)11-25-19(24)15-9-7-8-10-17(15)27-12-16-13(2)22-26-14(16)3/h7-10H,6,11-12H2,1-5H3,(H,21,23). The zero-order chi connectivity index (χ0) is 20.0. The van der Waals surface area contributed by atoms with Crippen LogP contribution in [-0.4, -0.2) is 29.2 Å². The zero-order valence-corrected chi connectivity index (χ0v) is 17.2. The summed E-state index contributed by atoms with van der Waals surface area (Å²) in [5.41, 5.74) is 1.97. The second kappa shape index (κ2) is 9.08. The van der Waals surface area contributed by atoms with E-state index in [9.17, 15) is 9.59 Å². The molecule has 2 aromatic rings. The molecule has 0 saturated carbocycles. The quantitative estimate of drug-likeness (QED) is 0.541. The first-order valence-electron chi connectivity index (χ1n) is 8.85. The smallest absolute Gasteiger partial charge is 0.339 e. The molecule has 0 bridgehead atoms. The Balaban J connectivity index is 2.00. The predicted molar refractivity (Wildman–Crippen MR) is 105 cm³/mol. The topological polar surface area (TPSA) is 81.4 Å². The molecule has 0 saturated heterocycles. The number of ether oxygens (including phenoxy) is 1. The highest BCUT2D eigenvalue weighted by molar-refractivity contribution is 7.98. The van der Waals surface area contributed by atoms with Crippen molar-refractivity contribution < 1.29 is 18.8 Å². The molecule has 6 nitrogen and oxygen atoms in total. The van der Waals surface area contributed by atoms with Crippen molar-refractivity contribution in [1.82, 2.24) is 10.5 Å². The number of aromatic nitrogens is 1. The van der Waals surface area contributed by atoms with Gasteiger partial charge >= 0.3 is 5.97 Å². The number of carbonyl (C=O) groups is 2. The number of hydrogen-bond donors (Lipinski definition) is 1. The summed E-state index contributed by atoms with van der Waals surface area (Å²) in [6.45, 7) is 9.29.